The van der Waals surface area contributed by atoms with Crippen molar-refractivity contribution in [3.05, 3.63) is 47.5 Å². The van der Waals surface area contributed by atoms with Gasteiger partial charge in [0.05, 0.1) is 32.3 Å². The highest BCUT2D eigenvalue weighted by Gasteiger charge is 2.36. The maximum atomic E-state index is 13.7. The number of halogens is 3. The van der Waals surface area contributed by atoms with Gasteiger partial charge < -0.3 is 36.1 Å². The number of aromatic nitrogens is 4. The number of morpholine rings is 1. The molecule has 1 aromatic carbocycles. The smallest absolute Gasteiger partial charge is 0.421 e. The molecule has 1 aliphatic carbocycles. The molecule has 1 aliphatic heterocycles. The first-order valence-electron chi connectivity index (χ1n) is 13.7. The van der Waals surface area contributed by atoms with Crippen molar-refractivity contribution in [1.82, 2.24) is 30.2 Å². The van der Waals surface area contributed by atoms with Gasteiger partial charge >= 0.3 is 6.18 Å². The van der Waals surface area contributed by atoms with Gasteiger partial charge in [-0.1, -0.05) is 0 Å². The van der Waals surface area contributed by atoms with Crippen LogP contribution in [0, 0.1) is 0 Å². The summed E-state index contributed by atoms with van der Waals surface area (Å²) in [6.07, 6.45) is 0.664. The van der Waals surface area contributed by atoms with E-state index in [1.165, 1.54) is 13.2 Å². The maximum absolute atomic E-state index is 13.7. The van der Waals surface area contributed by atoms with E-state index in [9.17, 15) is 22.8 Å². The van der Waals surface area contributed by atoms with Gasteiger partial charge in [0.15, 0.2) is 5.82 Å². The minimum atomic E-state index is -4.81. The molecule has 13 nitrogen and oxygen atoms in total. The molecule has 1 saturated heterocycles. The van der Waals surface area contributed by atoms with E-state index in [0.29, 0.717) is 23.5 Å². The number of methoxy groups -OCH3 is 1. The molecule has 3 aromatic rings. The molecule has 1 saturated carbocycles. The van der Waals surface area contributed by atoms with Crippen molar-refractivity contribution in [2.75, 3.05) is 44.0 Å². The Hall–Kier alpha value is -4.44. The van der Waals surface area contributed by atoms with Crippen molar-refractivity contribution >= 4 is 35.1 Å². The largest absolute Gasteiger partial charge is 0.495 e. The third-order valence-electron chi connectivity index (χ3n) is 7.52. The van der Waals surface area contributed by atoms with E-state index < -0.39 is 23.5 Å². The van der Waals surface area contributed by atoms with Crippen LogP contribution in [0.4, 0.5) is 36.4 Å². The molecular weight excluding hydrogens is 571 g/mol. The number of imidazole rings is 1. The number of benzene rings is 1. The van der Waals surface area contributed by atoms with Gasteiger partial charge in [-0.05, 0) is 43.9 Å². The standard InChI is InChI=1S/C27H32F3N9O4/c1-42-20-12-15(25(41)35-16-3-5-17(6-4-16)39-8-10-43-11-9-39)2-7-19(20)36-26-32-13-18(27(28,29)30)23(38-26)37-24-21(22(31)40)33-14-34-24/h2,7,12-14,16-17H,3-6,8-11H2,1H3,(H2,31,40)(H,33,34)(H,35,41)(H2,32,36,37,38). The molecule has 6 N–H and O–H groups in total. The monoisotopic (exact) mass is 603 g/mol. The Morgan fingerprint density at radius 1 is 1.09 bits per heavy atom. The van der Waals surface area contributed by atoms with Gasteiger partial charge in [-0.15, -0.1) is 0 Å². The number of carbonyl (C=O) groups is 2. The van der Waals surface area contributed by atoms with Crippen LogP contribution >= 0.6 is 0 Å². The second kappa shape index (κ2) is 12.8. The molecule has 0 bridgehead atoms. The van der Waals surface area contributed by atoms with Crippen LogP contribution in [-0.2, 0) is 10.9 Å². The van der Waals surface area contributed by atoms with Crippen LogP contribution in [0.15, 0.2) is 30.7 Å². The van der Waals surface area contributed by atoms with Crippen LogP contribution in [0.5, 0.6) is 5.75 Å². The lowest BCUT2D eigenvalue weighted by Gasteiger charge is -2.38. The van der Waals surface area contributed by atoms with Gasteiger partial charge in [0, 0.05) is 36.9 Å². The topological polar surface area (TPSA) is 172 Å². The number of carbonyl (C=O) groups excluding carboxylic acids is 2. The van der Waals surface area contributed by atoms with E-state index in [-0.39, 0.29) is 35.2 Å². The van der Waals surface area contributed by atoms with Crippen molar-refractivity contribution in [2.24, 2.45) is 5.73 Å². The van der Waals surface area contributed by atoms with Crippen molar-refractivity contribution in [1.29, 1.82) is 0 Å². The summed E-state index contributed by atoms with van der Waals surface area (Å²) in [5.74, 6) is -2.01. The maximum Gasteiger partial charge on any atom is 0.421 e. The summed E-state index contributed by atoms with van der Waals surface area (Å²) in [5, 5.41) is 8.33. The van der Waals surface area contributed by atoms with Gasteiger partial charge in [0.1, 0.15) is 22.8 Å². The highest BCUT2D eigenvalue weighted by Crippen LogP contribution is 2.36. The lowest BCUT2D eigenvalue weighted by Crippen LogP contribution is -2.47. The van der Waals surface area contributed by atoms with Crippen LogP contribution in [0.1, 0.15) is 52.1 Å². The molecule has 43 heavy (non-hydrogen) atoms. The Bertz CT molecular complexity index is 1450. The Morgan fingerprint density at radius 2 is 1.84 bits per heavy atom. The fourth-order valence-electron chi connectivity index (χ4n) is 5.29. The quantitative estimate of drug-likeness (QED) is 0.245. The normalized spacial score (nSPS) is 19.4. The third kappa shape index (κ3) is 7.14. The number of ether oxygens (including phenoxy) is 2. The van der Waals surface area contributed by atoms with Crippen LogP contribution in [-0.4, -0.2) is 82.1 Å². The number of nitrogens with zero attached hydrogens (tertiary/aromatic N) is 4. The highest BCUT2D eigenvalue weighted by molar-refractivity contribution is 5.96. The fourth-order valence-corrected chi connectivity index (χ4v) is 5.29. The summed E-state index contributed by atoms with van der Waals surface area (Å²) in [7, 11) is 1.40. The summed E-state index contributed by atoms with van der Waals surface area (Å²) >= 11 is 0. The highest BCUT2D eigenvalue weighted by atomic mass is 19.4. The summed E-state index contributed by atoms with van der Waals surface area (Å²) < 4.78 is 51.9. The number of nitrogens with two attached hydrogens (primary N) is 1. The zero-order chi connectivity index (χ0) is 30.6. The zero-order valence-electron chi connectivity index (χ0n) is 23.3. The van der Waals surface area contributed by atoms with Crippen LogP contribution in [0.3, 0.4) is 0 Å². The number of amides is 2. The molecule has 2 aromatic heterocycles. The number of primary amides is 1. The van der Waals surface area contributed by atoms with E-state index >= 15 is 0 Å². The summed E-state index contributed by atoms with van der Waals surface area (Å²) in [4.78, 5) is 41.1. The zero-order valence-corrected chi connectivity index (χ0v) is 23.3. The number of hydrogen-bond donors (Lipinski definition) is 5. The molecule has 0 unspecified atom stereocenters. The molecule has 0 radical (unpaired) electrons. The summed E-state index contributed by atoms with van der Waals surface area (Å²) in [6.45, 7) is 3.40. The molecule has 2 amide bonds. The lowest BCUT2D eigenvalue weighted by atomic mass is 9.89. The SMILES string of the molecule is COc1cc(C(=O)NC2CCC(N3CCOCC3)CC2)ccc1Nc1ncc(C(F)(F)F)c(Nc2nc[nH]c2C(N)=O)n1. The van der Waals surface area contributed by atoms with Crippen molar-refractivity contribution < 1.29 is 32.2 Å². The Balaban J connectivity index is 1.27. The minimum absolute atomic E-state index is 0.0599. The third-order valence-corrected chi connectivity index (χ3v) is 7.52. The van der Waals surface area contributed by atoms with E-state index in [1.54, 1.807) is 12.1 Å². The average Bonchev–Trinajstić information content (AvgIpc) is 3.46. The second-order valence-electron chi connectivity index (χ2n) is 10.2. The first-order valence-corrected chi connectivity index (χ1v) is 13.7. The van der Waals surface area contributed by atoms with E-state index in [4.69, 9.17) is 15.2 Å². The molecule has 0 spiro atoms. The number of rotatable bonds is 9. The Morgan fingerprint density at radius 3 is 2.51 bits per heavy atom. The summed E-state index contributed by atoms with van der Waals surface area (Å²) in [6, 6.07) is 5.23. The first kappa shape index (κ1) is 30.0. The van der Waals surface area contributed by atoms with Gasteiger partial charge in [-0.2, -0.15) is 18.2 Å². The van der Waals surface area contributed by atoms with Gasteiger partial charge in [0.2, 0.25) is 5.95 Å². The van der Waals surface area contributed by atoms with E-state index in [2.05, 4.69) is 40.8 Å². The van der Waals surface area contributed by atoms with Gasteiger partial charge in [-0.25, -0.2) is 9.97 Å². The fraction of sp³-hybridized carbons (Fsp3) is 0.444. The van der Waals surface area contributed by atoms with Crippen molar-refractivity contribution in [3.63, 3.8) is 0 Å². The second-order valence-corrected chi connectivity index (χ2v) is 10.2. The Labute approximate surface area is 244 Å². The van der Waals surface area contributed by atoms with Crippen molar-refractivity contribution in [3.8, 4) is 5.75 Å². The molecule has 230 valence electrons. The number of nitrogens with one attached hydrogen (secondary N) is 4. The lowest BCUT2D eigenvalue weighted by molar-refractivity contribution is -0.137. The van der Waals surface area contributed by atoms with E-state index in [1.807, 2.05) is 0 Å². The van der Waals surface area contributed by atoms with Gasteiger partial charge in [0.25, 0.3) is 11.8 Å². The molecule has 3 heterocycles. The predicted octanol–water partition coefficient (Wildman–Crippen LogP) is 3.19. The summed E-state index contributed by atoms with van der Waals surface area (Å²) in [5.41, 5.74) is 4.53. The molecular formula is C27H32F3N9O4. The van der Waals surface area contributed by atoms with Crippen molar-refractivity contribution in [2.45, 2.75) is 43.9 Å². The molecule has 0 atom stereocenters. The molecule has 16 heteroatoms. The van der Waals surface area contributed by atoms with Crippen LogP contribution in [0.25, 0.3) is 0 Å². The number of anilines is 4. The number of hydrogen-bond acceptors (Lipinski definition) is 10. The number of aromatic amines is 1. The molecule has 5 rings (SSSR count). The number of H-pyrrole nitrogens is 1. The Kier molecular flexibility index (Phi) is 8.96. The van der Waals surface area contributed by atoms with Crippen LogP contribution in [0.2, 0.25) is 0 Å². The first-order chi connectivity index (χ1) is 20.6. The molecule has 2 fully saturated rings. The van der Waals surface area contributed by atoms with Crippen LogP contribution < -0.4 is 26.4 Å². The van der Waals surface area contributed by atoms with Gasteiger partial charge in [-0.3, -0.25) is 14.5 Å². The van der Waals surface area contributed by atoms with E-state index in [0.717, 1.165) is 58.3 Å². The number of alkyl halides is 3. The predicted molar refractivity (Wildman–Crippen MR) is 150 cm³/mol. The molecule has 2 aliphatic rings. The minimum Gasteiger partial charge on any atom is -0.495 e. The average molecular weight is 604 g/mol.